The number of carbonyl (C=O) groups is 2. The molecule has 2 aliphatic rings. The zero-order chi connectivity index (χ0) is 15.7. The highest BCUT2D eigenvalue weighted by Gasteiger charge is 2.28. The Morgan fingerprint density at radius 2 is 2.18 bits per heavy atom. The molecule has 5 heteroatoms. The first-order valence-electron chi connectivity index (χ1n) is 7.99. The number of hydrogen-bond donors (Lipinski definition) is 1. The molecule has 0 spiro atoms. The van der Waals surface area contributed by atoms with E-state index in [1.807, 2.05) is 30.0 Å². The highest BCUT2D eigenvalue weighted by molar-refractivity contribution is 8.00. The van der Waals surface area contributed by atoms with Gasteiger partial charge in [-0.3, -0.25) is 9.59 Å². The summed E-state index contributed by atoms with van der Waals surface area (Å²) in [5, 5.41) is 2.82. The third-order valence-corrected chi connectivity index (χ3v) is 5.29. The van der Waals surface area contributed by atoms with Gasteiger partial charge in [-0.2, -0.15) is 0 Å². The van der Waals surface area contributed by atoms with Gasteiger partial charge in [0.25, 0.3) is 5.91 Å². The van der Waals surface area contributed by atoms with Crippen molar-refractivity contribution in [1.82, 2.24) is 4.90 Å². The molecule has 1 aliphatic heterocycles. The molecule has 1 fully saturated rings. The summed E-state index contributed by atoms with van der Waals surface area (Å²) in [6.07, 6.45) is 3.44. The number of amides is 2. The van der Waals surface area contributed by atoms with Crippen LogP contribution in [0.25, 0.3) is 0 Å². The van der Waals surface area contributed by atoms with Crippen LogP contribution in [-0.4, -0.2) is 35.1 Å². The lowest BCUT2D eigenvalue weighted by molar-refractivity contribution is -0.115. The summed E-state index contributed by atoms with van der Waals surface area (Å²) in [7, 11) is 0. The maximum absolute atomic E-state index is 12.7. The van der Waals surface area contributed by atoms with Crippen LogP contribution in [-0.2, 0) is 4.79 Å². The molecule has 0 radical (unpaired) electrons. The van der Waals surface area contributed by atoms with E-state index in [0.717, 1.165) is 30.1 Å². The number of hydrogen-bond acceptors (Lipinski definition) is 3. The molecule has 0 unspecified atom stereocenters. The van der Waals surface area contributed by atoms with E-state index in [1.54, 1.807) is 11.8 Å². The van der Waals surface area contributed by atoms with Crippen LogP contribution in [0.3, 0.4) is 0 Å². The second-order valence-corrected chi connectivity index (χ2v) is 7.54. The number of benzene rings is 1. The Morgan fingerprint density at radius 1 is 1.41 bits per heavy atom. The zero-order valence-electron chi connectivity index (χ0n) is 13.1. The summed E-state index contributed by atoms with van der Waals surface area (Å²) < 4.78 is 0. The van der Waals surface area contributed by atoms with E-state index in [9.17, 15) is 9.59 Å². The molecule has 1 heterocycles. The molecule has 22 heavy (non-hydrogen) atoms. The van der Waals surface area contributed by atoms with Crippen molar-refractivity contribution >= 4 is 29.3 Å². The Balaban J connectivity index is 1.79. The van der Waals surface area contributed by atoms with Crippen molar-refractivity contribution in [2.75, 3.05) is 18.4 Å². The first-order valence-corrected chi connectivity index (χ1v) is 8.87. The number of nitrogens with one attached hydrogen (secondary N) is 1. The van der Waals surface area contributed by atoms with Crippen molar-refractivity contribution in [3.05, 3.63) is 23.8 Å². The van der Waals surface area contributed by atoms with Gasteiger partial charge in [-0.15, -0.1) is 11.8 Å². The minimum Gasteiger partial charge on any atom is -0.338 e. The lowest BCUT2D eigenvalue weighted by Gasteiger charge is -2.24. The summed E-state index contributed by atoms with van der Waals surface area (Å²) in [5.41, 5.74) is 1.44. The first-order chi connectivity index (χ1) is 10.6. The van der Waals surface area contributed by atoms with Crippen molar-refractivity contribution < 1.29 is 9.59 Å². The average Bonchev–Trinajstić information content (AvgIpc) is 3.31. The molecule has 0 aromatic heterocycles. The third-order valence-electron chi connectivity index (χ3n) is 4.11. The summed E-state index contributed by atoms with van der Waals surface area (Å²) in [6, 6.07) is 5.66. The fourth-order valence-corrected chi connectivity index (χ4v) is 3.61. The number of nitrogens with zero attached hydrogens (tertiary/aromatic N) is 1. The number of rotatable bonds is 5. The molecule has 0 saturated heterocycles. The normalized spacial score (nSPS) is 20.3. The van der Waals surface area contributed by atoms with Crippen molar-refractivity contribution in [2.24, 2.45) is 5.92 Å². The van der Waals surface area contributed by atoms with Gasteiger partial charge in [0, 0.05) is 23.5 Å². The Morgan fingerprint density at radius 3 is 2.86 bits per heavy atom. The van der Waals surface area contributed by atoms with Gasteiger partial charge in [-0.05, 0) is 50.3 Å². The van der Waals surface area contributed by atoms with Gasteiger partial charge in [0.2, 0.25) is 5.91 Å². The van der Waals surface area contributed by atoms with Crippen molar-refractivity contribution in [2.45, 2.75) is 43.3 Å². The van der Waals surface area contributed by atoms with Gasteiger partial charge >= 0.3 is 0 Å². The van der Waals surface area contributed by atoms with Crippen LogP contribution in [0, 0.1) is 5.92 Å². The van der Waals surface area contributed by atoms with Gasteiger partial charge in [0.05, 0.1) is 10.9 Å². The van der Waals surface area contributed by atoms with Crippen LogP contribution >= 0.6 is 11.8 Å². The second-order valence-electron chi connectivity index (χ2n) is 6.15. The summed E-state index contributed by atoms with van der Waals surface area (Å²) in [6.45, 7) is 5.64. The fraction of sp³-hybridized carbons (Fsp3) is 0.529. The predicted octanol–water partition coefficient (Wildman–Crippen LogP) is 3.38. The largest absolute Gasteiger partial charge is 0.338 e. The van der Waals surface area contributed by atoms with Crippen LogP contribution in [0.15, 0.2) is 23.1 Å². The molecule has 0 bridgehead atoms. The van der Waals surface area contributed by atoms with Crippen molar-refractivity contribution in [3.8, 4) is 0 Å². The van der Waals surface area contributed by atoms with Crippen LogP contribution < -0.4 is 5.32 Å². The van der Waals surface area contributed by atoms with E-state index in [0.29, 0.717) is 11.5 Å². The molecule has 1 atom stereocenters. The monoisotopic (exact) mass is 318 g/mol. The highest BCUT2D eigenvalue weighted by atomic mass is 32.2. The van der Waals surface area contributed by atoms with E-state index in [2.05, 4.69) is 12.2 Å². The SMILES string of the molecule is CCCN(CC1CC1)C(=O)c1ccc2c(c1)NC(=O)[C@@H](C)S2. The summed E-state index contributed by atoms with van der Waals surface area (Å²) in [5.74, 6) is 0.768. The average molecular weight is 318 g/mol. The minimum absolute atomic E-state index is 0.00509. The molecular formula is C17H22N2O2S. The Kier molecular flexibility index (Phi) is 4.43. The molecule has 3 rings (SSSR count). The van der Waals surface area contributed by atoms with Crippen LogP contribution in [0.2, 0.25) is 0 Å². The molecule has 1 N–H and O–H groups in total. The lowest BCUT2D eigenvalue weighted by Crippen LogP contribution is -2.34. The molecule has 1 aromatic carbocycles. The summed E-state index contributed by atoms with van der Waals surface area (Å²) >= 11 is 1.54. The molecule has 4 nitrogen and oxygen atoms in total. The molecule has 1 aliphatic carbocycles. The third kappa shape index (κ3) is 3.29. The number of carbonyl (C=O) groups excluding carboxylic acids is 2. The molecule has 1 aromatic rings. The number of anilines is 1. The van der Waals surface area contributed by atoms with Crippen molar-refractivity contribution in [3.63, 3.8) is 0 Å². The number of fused-ring (bicyclic) bond motifs is 1. The minimum atomic E-state index is -0.0829. The Hall–Kier alpha value is -1.49. The van der Waals surface area contributed by atoms with Crippen LogP contribution in [0.1, 0.15) is 43.5 Å². The Bertz CT molecular complexity index is 598. The second kappa shape index (κ2) is 6.32. The van der Waals surface area contributed by atoms with Gasteiger partial charge in [-0.1, -0.05) is 6.92 Å². The summed E-state index contributed by atoms with van der Waals surface area (Å²) in [4.78, 5) is 27.5. The van der Waals surface area contributed by atoms with Gasteiger partial charge in [-0.25, -0.2) is 0 Å². The maximum Gasteiger partial charge on any atom is 0.253 e. The highest BCUT2D eigenvalue weighted by Crippen LogP contribution is 2.36. The van der Waals surface area contributed by atoms with Gasteiger partial charge in [0.1, 0.15) is 0 Å². The first kappa shape index (κ1) is 15.4. The van der Waals surface area contributed by atoms with E-state index >= 15 is 0 Å². The van der Waals surface area contributed by atoms with E-state index in [-0.39, 0.29) is 17.1 Å². The topological polar surface area (TPSA) is 49.4 Å². The smallest absolute Gasteiger partial charge is 0.253 e. The van der Waals surface area contributed by atoms with E-state index < -0.39 is 0 Å². The fourth-order valence-electron chi connectivity index (χ4n) is 2.68. The molecule has 118 valence electrons. The standard InChI is InChI=1S/C17H22N2O2S/c1-3-8-19(10-12-4-5-12)17(21)13-6-7-15-14(9-13)18-16(20)11(2)22-15/h6-7,9,11-12H,3-5,8,10H2,1-2H3,(H,18,20)/t11-/m1/s1. The molecule has 1 saturated carbocycles. The lowest BCUT2D eigenvalue weighted by atomic mass is 10.1. The number of thioether (sulfide) groups is 1. The molecule has 2 amide bonds. The van der Waals surface area contributed by atoms with Gasteiger partial charge < -0.3 is 10.2 Å². The predicted molar refractivity (Wildman–Crippen MR) is 89.3 cm³/mol. The Labute approximate surface area is 135 Å². The quantitative estimate of drug-likeness (QED) is 0.905. The zero-order valence-corrected chi connectivity index (χ0v) is 13.9. The van der Waals surface area contributed by atoms with E-state index in [4.69, 9.17) is 0 Å². The van der Waals surface area contributed by atoms with Crippen molar-refractivity contribution in [1.29, 1.82) is 0 Å². The maximum atomic E-state index is 12.7. The molecular weight excluding hydrogens is 296 g/mol. The van der Waals surface area contributed by atoms with Crippen LogP contribution in [0.5, 0.6) is 0 Å². The van der Waals surface area contributed by atoms with E-state index in [1.165, 1.54) is 12.8 Å². The van der Waals surface area contributed by atoms with Gasteiger partial charge in [0.15, 0.2) is 0 Å². The van der Waals surface area contributed by atoms with Crippen LogP contribution in [0.4, 0.5) is 5.69 Å².